The van der Waals surface area contributed by atoms with Gasteiger partial charge in [-0.3, -0.25) is 14.6 Å². The van der Waals surface area contributed by atoms with Gasteiger partial charge in [-0.15, -0.1) is 0 Å². The van der Waals surface area contributed by atoms with E-state index in [1.165, 1.54) is 21.6 Å². The normalized spacial score (nSPS) is 11.1. The first-order chi connectivity index (χ1) is 15.1. The van der Waals surface area contributed by atoms with Crippen molar-refractivity contribution in [2.75, 3.05) is 33.9 Å². The van der Waals surface area contributed by atoms with Crippen molar-refractivity contribution in [2.45, 2.75) is 19.0 Å². The molecule has 0 aliphatic carbocycles. The summed E-state index contributed by atoms with van der Waals surface area (Å²) in [5, 5.41) is 0.372. The Morgan fingerprint density at radius 3 is 2.22 bits per heavy atom. The van der Waals surface area contributed by atoms with Gasteiger partial charge in [0.05, 0.1) is 0 Å². The number of aromatic amines is 1. The van der Waals surface area contributed by atoms with Crippen LogP contribution in [0.25, 0.3) is 5.65 Å². The molecule has 0 radical (unpaired) electrons. The number of nitrogens with zero attached hydrogens (tertiary/aromatic N) is 4. The lowest BCUT2D eigenvalue weighted by atomic mass is 10.1. The third kappa shape index (κ3) is 4.64. The first-order valence-corrected chi connectivity index (χ1v) is 11.1. The van der Waals surface area contributed by atoms with Crippen LogP contribution in [-0.2, 0) is 0 Å². The number of fused-ring (bicyclic) bond motifs is 1. The zero-order valence-corrected chi connectivity index (χ0v) is 19.8. The van der Waals surface area contributed by atoms with Gasteiger partial charge in [0, 0.05) is 33.9 Å². The standard InChI is InChI=1S/C22H27N5O4S/c1-13(2)12-32-21-23-17-15(18(28)25(3)4)16(19(29)26(5)6)20(27(17)22(30)24-21)31-14-10-8-7-9-11-14/h7-11,13H,12H2,1-6H3,(H,23,24,30). The van der Waals surface area contributed by atoms with E-state index in [1.54, 1.807) is 52.5 Å². The monoisotopic (exact) mass is 457 g/mol. The van der Waals surface area contributed by atoms with E-state index in [1.807, 2.05) is 6.07 Å². The second-order valence-electron chi connectivity index (χ2n) is 8.08. The third-order valence-electron chi connectivity index (χ3n) is 4.48. The lowest BCUT2D eigenvalue weighted by Gasteiger charge is -2.15. The fraction of sp³-hybridized carbons (Fsp3) is 0.364. The first kappa shape index (κ1) is 23.4. The van der Waals surface area contributed by atoms with E-state index in [9.17, 15) is 14.4 Å². The number of thioether (sulfide) groups is 1. The van der Waals surface area contributed by atoms with Gasteiger partial charge in [0.25, 0.3) is 11.8 Å². The molecule has 0 bridgehead atoms. The Morgan fingerprint density at radius 2 is 1.66 bits per heavy atom. The molecule has 1 N–H and O–H groups in total. The maximum atomic E-state index is 13.2. The van der Waals surface area contributed by atoms with Gasteiger partial charge in [-0.05, 0) is 18.1 Å². The van der Waals surface area contributed by atoms with Crippen LogP contribution in [0.1, 0.15) is 34.6 Å². The summed E-state index contributed by atoms with van der Waals surface area (Å²) in [6.07, 6.45) is 0. The van der Waals surface area contributed by atoms with Crippen LogP contribution in [0.5, 0.6) is 11.6 Å². The second kappa shape index (κ2) is 9.47. The molecule has 1 aromatic carbocycles. The fourth-order valence-corrected chi connectivity index (χ4v) is 3.77. The second-order valence-corrected chi connectivity index (χ2v) is 9.09. The highest BCUT2D eigenvalue weighted by molar-refractivity contribution is 7.99. The van der Waals surface area contributed by atoms with Crippen molar-refractivity contribution in [3.63, 3.8) is 0 Å². The van der Waals surface area contributed by atoms with Gasteiger partial charge >= 0.3 is 5.69 Å². The minimum Gasteiger partial charge on any atom is -0.439 e. The minimum atomic E-state index is -0.544. The van der Waals surface area contributed by atoms with Crippen LogP contribution < -0.4 is 10.4 Å². The van der Waals surface area contributed by atoms with Crippen molar-refractivity contribution < 1.29 is 14.3 Å². The van der Waals surface area contributed by atoms with Crippen LogP contribution in [0.2, 0.25) is 0 Å². The molecule has 10 heteroatoms. The molecule has 0 atom stereocenters. The molecular formula is C22H27N5O4S. The topological polar surface area (TPSA) is 100 Å². The van der Waals surface area contributed by atoms with E-state index >= 15 is 0 Å². The molecule has 0 saturated carbocycles. The van der Waals surface area contributed by atoms with Gasteiger partial charge in [0.1, 0.15) is 16.9 Å². The summed E-state index contributed by atoms with van der Waals surface area (Å²) in [6, 6.07) is 8.76. The van der Waals surface area contributed by atoms with Crippen molar-refractivity contribution in [3.05, 3.63) is 51.9 Å². The van der Waals surface area contributed by atoms with Crippen molar-refractivity contribution in [1.82, 2.24) is 24.2 Å². The highest BCUT2D eigenvalue weighted by atomic mass is 32.2. The third-order valence-corrected chi connectivity index (χ3v) is 5.78. The summed E-state index contributed by atoms with van der Waals surface area (Å²) < 4.78 is 7.15. The van der Waals surface area contributed by atoms with Gasteiger partial charge in [0.15, 0.2) is 10.8 Å². The van der Waals surface area contributed by atoms with Gasteiger partial charge in [-0.2, -0.15) is 0 Å². The predicted molar refractivity (Wildman–Crippen MR) is 124 cm³/mol. The molecule has 32 heavy (non-hydrogen) atoms. The average molecular weight is 458 g/mol. The molecule has 0 aliphatic rings. The Labute approximate surface area is 190 Å². The van der Waals surface area contributed by atoms with Crippen LogP contribution in [0, 0.1) is 5.92 Å². The van der Waals surface area contributed by atoms with E-state index in [0.29, 0.717) is 16.8 Å². The SMILES string of the molecule is CC(C)CSc1nc2c(C(=O)N(C)C)c(C(=O)N(C)C)c(Oc3ccccc3)n2c(=O)[nH]1. The molecule has 3 rings (SSSR count). The first-order valence-electron chi connectivity index (χ1n) is 10.1. The molecule has 2 heterocycles. The fourth-order valence-electron chi connectivity index (χ4n) is 2.96. The summed E-state index contributed by atoms with van der Waals surface area (Å²) in [5.41, 5.74) is -0.452. The van der Waals surface area contributed by atoms with Crippen molar-refractivity contribution in [2.24, 2.45) is 5.92 Å². The van der Waals surface area contributed by atoms with Crippen LogP contribution in [0.4, 0.5) is 0 Å². The number of carbonyl (C=O) groups is 2. The molecule has 2 aromatic heterocycles. The van der Waals surface area contributed by atoms with Crippen LogP contribution >= 0.6 is 11.8 Å². The summed E-state index contributed by atoms with van der Waals surface area (Å²) in [6.45, 7) is 4.11. The Balaban J connectivity index is 2.37. The van der Waals surface area contributed by atoms with E-state index in [4.69, 9.17) is 4.74 Å². The van der Waals surface area contributed by atoms with E-state index < -0.39 is 17.5 Å². The molecule has 3 aromatic rings. The van der Waals surface area contributed by atoms with Gasteiger partial charge < -0.3 is 14.5 Å². The number of carbonyl (C=O) groups excluding carboxylic acids is 2. The average Bonchev–Trinajstić information content (AvgIpc) is 3.05. The van der Waals surface area contributed by atoms with Crippen molar-refractivity contribution in [3.8, 4) is 11.6 Å². The van der Waals surface area contributed by atoms with Gasteiger partial charge in [0.2, 0.25) is 5.88 Å². The maximum absolute atomic E-state index is 13.2. The number of nitrogens with one attached hydrogen (secondary N) is 1. The highest BCUT2D eigenvalue weighted by Gasteiger charge is 2.34. The molecular weight excluding hydrogens is 430 g/mol. The number of hydrogen-bond acceptors (Lipinski definition) is 6. The van der Waals surface area contributed by atoms with Crippen LogP contribution in [0.15, 0.2) is 40.3 Å². The molecule has 0 aliphatic heterocycles. The van der Waals surface area contributed by atoms with Crippen LogP contribution in [0.3, 0.4) is 0 Å². The number of aromatic nitrogens is 3. The number of rotatable bonds is 7. The molecule has 170 valence electrons. The van der Waals surface area contributed by atoms with Crippen LogP contribution in [-0.4, -0.2) is 69.9 Å². The lowest BCUT2D eigenvalue weighted by molar-refractivity contribution is 0.0790. The van der Waals surface area contributed by atoms with Gasteiger partial charge in [-0.25, -0.2) is 14.2 Å². The number of para-hydroxylation sites is 1. The zero-order valence-electron chi connectivity index (χ0n) is 19.0. The van der Waals surface area contributed by atoms with Crippen molar-refractivity contribution >= 4 is 29.2 Å². The number of hydrogen-bond donors (Lipinski definition) is 1. The molecule has 0 fully saturated rings. The highest BCUT2D eigenvalue weighted by Crippen LogP contribution is 2.33. The summed E-state index contributed by atoms with van der Waals surface area (Å²) in [7, 11) is 6.30. The van der Waals surface area contributed by atoms with Gasteiger partial charge in [-0.1, -0.05) is 43.8 Å². The predicted octanol–water partition coefficient (Wildman–Crippen LogP) is 2.97. The smallest absolute Gasteiger partial charge is 0.336 e. The van der Waals surface area contributed by atoms with E-state index in [-0.39, 0.29) is 22.7 Å². The number of benzene rings is 1. The zero-order chi connectivity index (χ0) is 23.6. The Kier molecular flexibility index (Phi) is 6.93. The van der Waals surface area contributed by atoms with Crippen molar-refractivity contribution in [1.29, 1.82) is 0 Å². The minimum absolute atomic E-state index is 0.0124. The maximum Gasteiger partial charge on any atom is 0.336 e. The molecule has 0 unspecified atom stereocenters. The summed E-state index contributed by atoms with van der Waals surface area (Å²) in [4.78, 5) is 49.5. The number of H-pyrrole nitrogens is 1. The number of ether oxygens (including phenoxy) is 1. The molecule has 0 spiro atoms. The quantitative estimate of drug-likeness (QED) is 0.548. The Hall–Kier alpha value is -3.27. The lowest BCUT2D eigenvalue weighted by Crippen LogP contribution is -2.28. The summed E-state index contributed by atoms with van der Waals surface area (Å²) >= 11 is 1.38. The Bertz CT molecular complexity index is 1200. The van der Waals surface area contributed by atoms with E-state index in [0.717, 1.165) is 10.2 Å². The largest absolute Gasteiger partial charge is 0.439 e. The molecule has 2 amide bonds. The molecule has 9 nitrogen and oxygen atoms in total. The molecule has 0 saturated heterocycles. The Morgan fingerprint density at radius 1 is 1.06 bits per heavy atom. The van der Waals surface area contributed by atoms with E-state index in [2.05, 4.69) is 23.8 Å². The number of amides is 2. The summed E-state index contributed by atoms with van der Waals surface area (Å²) in [5.74, 6) is 0.550.